The molecule has 2 aromatic heterocycles. The molecule has 1 saturated carbocycles. The first kappa shape index (κ1) is 26.3. The van der Waals surface area contributed by atoms with Gasteiger partial charge in [0.2, 0.25) is 6.41 Å². The number of benzene rings is 1. The summed E-state index contributed by atoms with van der Waals surface area (Å²) in [5.74, 6) is 4.16. The van der Waals surface area contributed by atoms with Crippen molar-refractivity contribution in [1.82, 2.24) is 25.1 Å². The first-order chi connectivity index (χ1) is 17.9. The van der Waals surface area contributed by atoms with Crippen LogP contribution in [-0.4, -0.2) is 70.0 Å². The Morgan fingerprint density at radius 3 is 2.35 bits per heavy atom. The van der Waals surface area contributed by atoms with Crippen molar-refractivity contribution < 1.29 is 9.59 Å². The van der Waals surface area contributed by atoms with Crippen LogP contribution >= 0.6 is 0 Å². The maximum atomic E-state index is 11.4. The number of nitrogens with one attached hydrogen (secondary N) is 3. The Labute approximate surface area is 217 Å². The lowest BCUT2D eigenvalue weighted by Crippen LogP contribution is -2.48. The molecule has 10 nitrogen and oxygen atoms in total. The number of amides is 1. The third-order valence-corrected chi connectivity index (χ3v) is 6.27. The van der Waals surface area contributed by atoms with E-state index in [1.165, 1.54) is 12.8 Å². The van der Waals surface area contributed by atoms with Gasteiger partial charge in [0, 0.05) is 56.1 Å². The third kappa shape index (κ3) is 8.38. The van der Waals surface area contributed by atoms with Gasteiger partial charge < -0.3 is 15.5 Å². The maximum absolute atomic E-state index is 11.4. The van der Waals surface area contributed by atoms with E-state index in [4.69, 9.17) is 9.97 Å². The predicted octanol–water partition coefficient (Wildman–Crippen LogP) is 3.54. The van der Waals surface area contributed by atoms with Crippen LogP contribution in [-0.2, 0) is 16.0 Å². The summed E-state index contributed by atoms with van der Waals surface area (Å²) in [6, 6.07) is 11.5. The Bertz CT molecular complexity index is 1180. The summed E-state index contributed by atoms with van der Waals surface area (Å²) in [6.45, 7) is 9.53. The molecule has 0 bridgehead atoms. The van der Waals surface area contributed by atoms with E-state index in [1.807, 2.05) is 43.3 Å². The first-order valence-electron chi connectivity index (χ1n) is 12.8. The molecule has 3 heterocycles. The molecule has 2 aliphatic rings. The van der Waals surface area contributed by atoms with Crippen LogP contribution in [0.3, 0.4) is 0 Å². The standard InChI is InChI=1S/C23H28N8O2.C4H8/c1-16-11-22(29-28-16)26-21-13-23(31-9-7-30(8-10-31)14-17(2)33)27-20(25-21)12-18-3-5-19(6-4-18)24-15-32;1-4-2-3-4/h3-6,11,13,15H,7-10,12,14H2,1-2H3,(H,24,32)(H2,25,26,27,28,29);4H,2-3H2,1H3. The molecule has 0 spiro atoms. The smallest absolute Gasteiger partial charge is 0.211 e. The molecule has 1 aliphatic heterocycles. The van der Waals surface area contributed by atoms with E-state index in [0.29, 0.717) is 36.8 Å². The zero-order valence-corrected chi connectivity index (χ0v) is 21.8. The number of carbonyl (C=O) groups is 2. The normalized spacial score (nSPS) is 15.5. The lowest BCUT2D eigenvalue weighted by molar-refractivity contribution is -0.118. The molecule has 37 heavy (non-hydrogen) atoms. The number of nitrogens with zero attached hydrogens (tertiary/aromatic N) is 5. The van der Waals surface area contributed by atoms with Gasteiger partial charge in [-0.25, -0.2) is 9.97 Å². The molecule has 2 fully saturated rings. The molecular formula is C27H36N8O2. The average molecular weight is 505 g/mol. The monoisotopic (exact) mass is 504 g/mol. The number of aryl methyl sites for hydroxylation is 1. The second-order valence-corrected chi connectivity index (χ2v) is 9.87. The Balaban J connectivity index is 0.000000730. The van der Waals surface area contributed by atoms with Gasteiger partial charge in [-0.15, -0.1) is 0 Å². The number of rotatable bonds is 9. The van der Waals surface area contributed by atoms with Gasteiger partial charge in [-0.3, -0.25) is 19.6 Å². The molecular weight excluding hydrogens is 468 g/mol. The van der Waals surface area contributed by atoms with E-state index in [1.54, 1.807) is 6.92 Å². The number of anilines is 4. The van der Waals surface area contributed by atoms with Crippen LogP contribution in [0.4, 0.5) is 23.1 Å². The van der Waals surface area contributed by atoms with Gasteiger partial charge >= 0.3 is 0 Å². The quantitative estimate of drug-likeness (QED) is 0.379. The minimum absolute atomic E-state index is 0.183. The minimum atomic E-state index is 0.183. The van der Waals surface area contributed by atoms with E-state index in [9.17, 15) is 9.59 Å². The van der Waals surface area contributed by atoms with Gasteiger partial charge in [-0.2, -0.15) is 5.10 Å². The fourth-order valence-corrected chi connectivity index (χ4v) is 3.99. The molecule has 3 aromatic rings. The molecule has 5 rings (SSSR count). The number of hydrogen-bond donors (Lipinski definition) is 3. The topological polar surface area (TPSA) is 119 Å². The van der Waals surface area contributed by atoms with Crippen LogP contribution in [0.1, 0.15) is 43.8 Å². The summed E-state index contributed by atoms with van der Waals surface area (Å²) in [5.41, 5.74) is 2.73. The lowest BCUT2D eigenvalue weighted by atomic mass is 10.1. The van der Waals surface area contributed by atoms with Crippen molar-refractivity contribution in [1.29, 1.82) is 0 Å². The summed E-state index contributed by atoms with van der Waals surface area (Å²) < 4.78 is 0. The maximum Gasteiger partial charge on any atom is 0.211 e. The molecule has 0 atom stereocenters. The van der Waals surface area contributed by atoms with E-state index < -0.39 is 0 Å². The number of piperazine rings is 1. The number of Topliss-reactive ketones (excluding diaryl/α,β-unsaturated/α-hetero) is 1. The summed E-state index contributed by atoms with van der Waals surface area (Å²) in [5, 5.41) is 13.1. The predicted molar refractivity (Wildman–Crippen MR) is 145 cm³/mol. The van der Waals surface area contributed by atoms with Gasteiger partial charge in [0.15, 0.2) is 5.82 Å². The van der Waals surface area contributed by atoms with Crippen molar-refractivity contribution >= 4 is 35.3 Å². The second kappa shape index (κ2) is 12.4. The Morgan fingerprint density at radius 2 is 1.78 bits per heavy atom. The van der Waals surface area contributed by atoms with Crippen LogP contribution < -0.4 is 15.5 Å². The molecule has 3 N–H and O–H groups in total. The van der Waals surface area contributed by atoms with Crippen molar-refractivity contribution in [2.75, 3.05) is 48.3 Å². The highest BCUT2D eigenvalue weighted by Gasteiger charge is 2.20. The van der Waals surface area contributed by atoms with Gasteiger partial charge in [0.05, 0.1) is 6.54 Å². The Hall–Kier alpha value is -3.79. The van der Waals surface area contributed by atoms with Gasteiger partial charge in [0.25, 0.3) is 0 Å². The van der Waals surface area contributed by atoms with Crippen molar-refractivity contribution in [2.24, 2.45) is 5.92 Å². The fourth-order valence-electron chi connectivity index (χ4n) is 3.99. The number of hydrogen-bond acceptors (Lipinski definition) is 8. The lowest BCUT2D eigenvalue weighted by Gasteiger charge is -2.35. The number of ketones is 1. The SMILES string of the molecule is CC(=O)CN1CCN(c2cc(Nc3cc(C)[nH]n3)nc(Cc3ccc(NC=O)cc3)n2)CC1.CC1CC1. The number of aromatic amines is 1. The Morgan fingerprint density at radius 1 is 1.08 bits per heavy atom. The zero-order chi connectivity index (χ0) is 26.2. The van der Waals surface area contributed by atoms with Crippen LogP contribution in [0.25, 0.3) is 0 Å². The van der Waals surface area contributed by atoms with Crippen molar-refractivity contribution in [3.63, 3.8) is 0 Å². The van der Waals surface area contributed by atoms with Crippen LogP contribution in [0.15, 0.2) is 36.4 Å². The average Bonchev–Trinajstić information content (AvgIpc) is 3.55. The van der Waals surface area contributed by atoms with Gasteiger partial charge in [-0.05, 0) is 37.5 Å². The summed E-state index contributed by atoms with van der Waals surface area (Å²) in [4.78, 5) is 36.0. The molecule has 1 aromatic carbocycles. The molecule has 1 saturated heterocycles. The second-order valence-electron chi connectivity index (χ2n) is 9.87. The number of aromatic nitrogens is 4. The minimum Gasteiger partial charge on any atom is -0.354 e. The van der Waals surface area contributed by atoms with E-state index in [2.05, 4.69) is 37.6 Å². The van der Waals surface area contributed by atoms with E-state index in [0.717, 1.165) is 54.9 Å². The van der Waals surface area contributed by atoms with Crippen LogP contribution in [0.5, 0.6) is 0 Å². The summed E-state index contributed by atoms with van der Waals surface area (Å²) in [6.07, 6.45) is 4.18. The van der Waals surface area contributed by atoms with E-state index in [-0.39, 0.29) is 5.78 Å². The number of carbonyl (C=O) groups excluding carboxylic acids is 2. The molecule has 0 radical (unpaired) electrons. The van der Waals surface area contributed by atoms with Crippen molar-refractivity contribution in [2.45, 2.75) is 40.0 Å². The largest absolute Gasteiger partial charge is 0.354 e. The first-order valence-corrected chi connectivity index (χ1v) is 12.8. The highest BCUT2D eigenvalue weighted by molar-refractivity contribution is 5.77. The van der Waals surface area contributed by atoms with E-state index >= 15 is 0 Å². The molecule has 10 heteroatoms. The zero-order valence-electron chi connectivity index (χ0n) is 21.8. The van der Waals surface area contributed by atoms with Crippen molar-refractivity contribution in [3.8, 4) is 0 Å². The molecule has 196 valence electrons. The summed E-state index contributed by atoms with van der Waals surface area (Å²) in [7, 11) is 0. The van der Waals surface area contributed by atoms with Crippen LogP contribution in [0.2, 0.25) is 0 Å². The molecule has 1 aliphatic carbocycles. The van der Waals surface area contributed by atoms with Crippen LogP contribution in [0, 0.1) is 12.8 Å². The molecule has 0 unspecified atom stereocenters. The van der Waals surface area contributed by atoms with Gasteiger partial charge in [0.1, 0.15) is 23.2 Å². The highest BCUT2D eigenvalue weighted by atomic mass is 16.1. The van der Waals surface area contributed by atoms with Crippen molar-refractivity contribution in [3.05, 3.63) is 53.5 Å². The van der Waals surface area contributed by atoms with Gasteiger partial charge in [-0.1, -0.05) is 31.9 Å². The third-order valence-electron chi connectivity index (χ3n) is 6.27. The number of H-pyrrole nitrogens is 1. The highest BCUT2D eigenvalue weighted by Crippen LogP contribution is 2.26. The summed E-state index contributed by atoms with van der Waals surface area (Å²) >= 11 is 0. The Kier molecular flexibility index (Phi) is 8.84. The fraction of sp³-hybridized carbons (Fsp3) is 0.444. The molecule has 1 amide bonds.